The number of nitrogens with one attached hydrogen (secondary N) is 1. The molecule has 1 unspecified atom stereocenters. The second-order valence-electron chi connectivity index (χ2n) is 7.42. The standard InChI is InChI=1S/C16H22ClNO2S/c1-15(2)11-8-9-16(3,10-11)14(15)18-21(19,20)13-6-4-12(17)5-7-13/h4-7,11,14,18H,8-10H2,1-3H3/t11-,14-,16?/m0/s1. The Kier molecular flexibility index (Phi) is 3.43. The van der Waals surface area contributed by atoms with E-state index in [1.54, 1.807) is 24.3 Å². The first-order valence-electron chi connectivity index (χ1n) is 7.43. The maximum Gasteiger partial charge on any atom is 0.240 e. The molecule has 3 nitrogen and oxygen atoms in total. The Morgan fingerprint density at radius 3 is 2.33 bits per heavy atom. The van der Waals surface area contributed by atoms with Crippen LogP contribution in [0.3, 0.4) is 0 Å². The summed E-state index contributed by atoms with van der Waals surface area (Å²) < 4.78 is 28.3. The van der Waals surface area contributed by atoms with Crippen molar-refractivity contribution in [2.24, 2.45) is 16.7 Å². The molecule has 0 aliphatic heterocycles. The van der Waals surface area contributed by atoms with E-state index in [1.807, 2.05) is 0 Å². The van der Waals surface area contributed by atoms with Crippen molar-refractivity contribution in [3.05, 3.63) is 29.3 Å². The summed E-state index contributed by atoms with van der Waals surface area (Å²) in [4.78, 5) is 0.286. The van der Waals surface area contributed by atoms with Gasteiger partial charge in [0.15, 0.2) is 0 Å². The van der Waals surface area contributed by atoms with Crippen LogP contribution in [0.4, 0.5) is 0 Å². The molecule has 1 N–H and O–H groups in total. The molecule has 0 radical (unpaired) electrons. The Hall–Kier alpha value is -0.580. The van der Waals surface area contributed by atoms with Crippen molar-refractivity contribution >= 4 is 21.6 Å². The van der Waals surface area contributed by atoms with Gasteiger partial charge in [0.2, 0.25) is 10.0 Å². The van der Waals surface area contributed by atoms with Gasteiger partial charge in [-0.05, 0) is 60.3 Å². The molecule has 3 atom stereocenters. The molecule has 1 aromatic carbocycles. The van der Waals surface area contributed by atoms with Crippen LogP contribution in [0.25, 0.3) is 0 Å². The molecule has 0 amide bonds. The first-order valence-corrected chi connectivity index (χ1v) is 9.29. The Morgan fingerprint density at radius 2 is 1.81 bits per heavy atom. The lowest BCUT2D eigenvalue weighted by Gasteiger charge is -2.42. The van der Waals surface area contributed by atoms with Gasteiger partial charge in [-0.3, -0.25) is 0 Å². The van der Waals surface area contributed by atoms with Crippen molar-refractivity contribution in [1.29, 1.82) is 0 Å². The van der Waals surface area contributed by atoms with Crippen LogP contribution in [0.1, 0.15) is 40.0 Å². The first kappa shape index (κ1) is 15.3. The van der Waals surface area contributed by atoms with Gasteiger partial charge < -0.3 is 0 Å². The van der Waals surface area contributed by atoms with E-state index < -0.39 is 10.0 Å². The summed E-state index contributed by atoms with van der Waals surface area (Å²) in [6.07, 6.45) is 3.44. The number of rotatable bonds is 3. The highest BCUT2D eigenvalue weighted by Crippen LogP contribution is 2.62. The van der Waals surface area contributed by atoms with Crippen molar-refractivity contribution in [3.8, 4) is 0 Å². The monoisotopic (exact) mass is 327 g/mol. The van der Waals surface area contributed by atoms with Crippen LogP contribution in [-0.2, 0) is 10.0 Å². The van der Waals surface area contributed by atoms with Crippen molar-refractivity contribution in [2.45, 2.75) is 51.0 Å². The summed E-state index contributed by atoms with van der Waals surface area (Å²) in [6, 6.07) is 6.35. The largest absolute Gasteiger partial charge is 0.240 e. The fourth-order valence-electron chi connectivity index (χ4n) is 4.43. The van der Waals surface area contributed by atoms with Crippen molar-refractivity contribution in [3.63, 3.8) is 0 Å². The third kappa shape index (κ3) is 2.41. The molecule has 2 bridgehead atoms. The molecular formula is C16H22ClNO2S. The topological polar surface area (TPSA) is 46.2 Å². The number of hydrogen-bond donors (Lipinski definition) is 1. The summed E-state index contributed by atoms with van der Waals surface area (Å²) in [5, 5.41) is 0.543. The summed E-state index contributed by atoms with van der Waals surface area (Å²) in [5.41, 5.74) is 0.0835. The highest BCUT2D eigenvalue weighted by atomic mass is 35.5. The molecule has 0 spiro atoms. The highest BCUT2D eigenvalue weighted by Gasteiger charge is 2.60. The van der Waals surface area contributed by atoms with Crippen LogP contribution >= 0.6 is 11.6 Å². The van der Waals surface area contributed by atoms with Crippen LogP contribution in [0, 0.1) is 16.7 Å². The van der Waals surface area contributed by atoms with Gasteiger partial charge in [0.05, 0.1) is 4.90 Å². The fraction of sp³-hybridized carbons (Fsp3) is 0.625. The fourth-order valence-corrected chi connectivity index (χ4v) is 6.09. The molecule has 0 aromatic heterocycles. The van der Waals surface area contributed by atoms with Crippen LogP contribution in [0.2, 0.25) is 5.02 Å². The predicted molar refractivity (Wildman–Crippen MR) is 84.8 cm³/mol. The minimum absolute atomic E-state index is 0.00644. The lowest BCUT2D eigenvalue weighted by Crippen LogP contribution is -2.52. The molecule has 0 saturated heterocycles. The number of fused-ring (bicyclic) bond motifs is 2. The van der Waals surface area contributed by atoms with E-state index in [-0.39, 0.29) is 21.8 Å². The first-order chi connectivity index (χ1) is 9.65. The molecule has 5 heteroatoms. The van der Waals surface area contributed by atoms with Crippen LogP contribution in [0.15, 0.2) is 29.2 Å². The molecule has 2 aliphatic carbocycles. The van der Waals surface area contributed by atoms with Gasteiger partial charge in [-0.1, -0.05) is 32.4 Å². The van der Waals surface area contributed by atoms with Crippen molar-refractivity contribution in [1.82, 2.24) is 4.72 Å². The Labute approximate surface area is 132 Å². The number of sulfonamides is 1. The highest BCUT2D eigenvalue weighted by molar-refractivity contribution is 7.89. The average Bonchev–Trinajstić information content (AvgIpc) is 2.87. The molecule has 0 heterocycles. The summed E-state index contributed by atoms with van der Waals surface area (Å²) in [7, 11) is -3.50. The van der Waals surface area contributed by atoms with Gasteiger partial charge in [-0.2, -0.15) is 0 Å². The van der Waals surface area contributed by atoms with Gasteiger partial charge in [-0.25, -0.2) is 13.1 Å². The van der Waals surface area contributed by atoms with Gasteiger partial charge >= 0.3 is 0 Å². The van der Waals surface area contributed by atoms with Crippen LogP contribution in [0.5, 0.6) is 0 Å². The van der Waals surface area contributed by atoms with Crippen LogP contribution in [-0.4, -0.2) is 14.5 Å². The second-order valence-corrected chi connectivity index (χ2v) is 9.57. The molecule has 2 saturated carbocycles. The van der Waals surface area contributed by atoms with E-state index in [1.165, 1.54) is 6.42 Å². The molecule has 21 heavy (non-hydrogen) atoms. The normalized spacial score (nSPS) is 34.3. The third-order valence-corrected chi connectivity index (χ3v) is 7.36. The van der Waals surface area contributed by atoms with Gasteiger partial charge in [-0.15, -0.1) is 0 Å². The molecule has 2 aliphatic rings. The van der Waals surface area contributed by atoms with E-state index in [4.69, 9.17) is 11.6 Å². The predicted octanol–water partition coefficient (Wildman–Crippen LogP) is 3.83. The van der Waals surface area contributed by atoms with E-state index in [2.05, 4.69) is 25.5 Å². The maximum absolute atomic E-state index is 12.7. The van der Waals surface area contributed by atoms with Gasteiger partial charge in [0.1, 0.15) is 0 Å². The van der Waals surface area contributed by atoms with E-state index in [0.717, 1.165) is 12.8 Å². The SMILES string of the molecule is CC12CC[C@@H](C1)C(C)(C)[C@@H]2NS(=O)(=O)c1ccc(Cl)cc1. The number of benzene rings is 1. The molecular weight excluding hydrogens is 306 g/mol. The molecule has 3 rings (SSSR count). The summed E-state index contributed by atoms with van der Waals surface area (Å²) >= 11 is 5.84. The van der Waals surface area contributed by atoms with Gasteiger partial charge in [0, 0.05) is 11.1 Å². The molecule has 1 aromatic rings. The Balaban J connectivity index is 1.91. The van der Waals surface area contributed by atoms with E-state index in [0.29, 0.717) is 10.9 Å². The zero-order valence-electron chi connectivity index (χ0n) is 12.7. The van der Waals surface area contributed by atoms with Crippen LogP contribution < -0.4 is 4.72 Å². The number of hydrogen-bond acceptors (Lipinski definition) is 2. The van der Waals surface area contributed by atoms with E-state index in [9.17, 15) is 8.42 Å². The second kappa shape index (κ2) is 4.71. The lowest BCUT2D eigenvalue weighted by molar-refractivity contribution is 0.127. The lowest BCUT2D eigenvalue weighted by atomic mass is 9.69. The molecule has 2 fully saturated rings. The maximum atomic E-state index is 12.7. The van der Waals surface area contributed by atoms with Gasteiger partial charge in [0.25, 0.3) is 0 Å². The smallest absolute Gasteiger partial charge is 0.207 e. The summed E-state index contributed by atoms with van der Waals surface area (Å²) in [5.74, 6) is 0.611. The Morgan fingerprint density at radius 1 is 1.19 bits per heavy atom. The minimum atomic E-state index is -3.50. The van der Waals surface area contributed by atoms with E-state index >= 15 is 0 Å². The number of halogens is 1. The third-order valence-electron chi connectivity index (χ3n) is 5.67. The zero-order valence-corrected chi connectivity index (χ0v) is 14.3. The molecule has 116 valence electrons. The van der Waals surface area contributed by atoms with Crippen molar-refractivity contribution in [2.75, 3.05) is 0 Å². The minimum Gasteiger partial charge on any atom is -0.207 e. The van der Waals surface area contributed by atoms with Crippen molar-refractivity contribution < 1.29 is 8.42 Å². The zero-order chi connectivity index (χ0) is 15.5. The summed E-state index contributed by atoms with van der Waals surface area (Å²) in [6.45, 7) is 6.60. The Bertz CT molecular complexity index is 649. The average molecular weight is 328 g/mol. The quantitative estimate of drug-likeness (QED) is 0.917.